The molecule has 0 bridgehead atoms. The quantitative estimate of drug-likeness (QED) is 0.592. The molecule has 0 radical (unpaired) electrons. The average Bonchev–Trinajstić information content (AvgIpc) is 2.34. The van der Waals surface area contributed by atoms with Gasteiger partial charge in [-0.1, -0.05) is 0 Å². The molecule has 0 aliphatic carbocycles. The largest absolute Gasteiger partial charge is 0.496 e. The Morgan fingerprint density at radius 3 is 2.28 bits per heavy atom. The van der Waals surface area contributed by atoms with Gasteiger partial charge in [0.2, 0.25) is 0 Å². The van der Waals surface area contributed by atoms with E-state index in [4.69, 9.17) is 4.74 Å². The second kappa shape index (κ2) is 5.18. The summed E-state index contributed by atoms with van der Waals surface area (Å²) < 4.78 is 32.5. The Kier molecular flexibility index (Phi) is 4.07. The smallest absolute Gasteiger partial charge is 0.341 e. The molecule has 0 amide bonds. The number of methoxy groups -OCH3 is 2. The Morgan fingerprint density at radius 1 is 1.28 bits per heavy atom. The summed E-state index contributed by atoms with van der Waals surface area (Å²) in [6.45, 7) is 0. The molecule has 0 atom stereocenters. The summed E-state index contributed by atoms with van der Waals surface area (Å²) in [5, 5.41) is 0. The van der Waals surface area contributed by atoms with Crippen LogP contribution in [0.5, 0.6) is 5.75 Å². The molecule has 0 saturated heterocycles. The summed E-state index contributed by atoms with van der Waals surface area (Å²) in [7, 11) is -1.17. The molecule has 6 nitrogen and oxygen atoms in total. The zero-order valence-corrected chi connectivity index (χ0v) is 10.9. The van der Waals surface area contributed by atoms with Crippen LogP contribution in [-0.2, 0) is 14.6 Å². The van der Waals surface area contributed by atoms with Gasteiger partial charge in [0.1, 0.15) is 11.3 Å². The number of esters is 1. The third kappa shape index (κ3) is 2.67. The number of carbonyl (C=O) groups is 2. The summed E-state index contributed by atoms with van der Waals surface area (Å²) in [5.74, 6) is -0.662. The Balaban J connectivity index is 3.64. The summed E-state index contributed by atoms with van der Waals surface area (Å²) in [5.41, 5.74) is -0.118. The van der Waals surface area contributed by atoms with E-state index in [1.807, 2.05) is 0 Å². The van der Waals surface area contributed by atoms with Crippen LogP contribution in [0.2, 0.25) is 0 Å². The number of hydrogen-bond acceptors (Lipinski definition) is 6. The van der Waals surface area contributed by atoms with E-state index in [2.05, 4.69) is 4.74 Å². The molecule has 0 saturated carbocycles. The van der Waals surface area contributed by atoms with Crippen molar-refractivity contribution in [1.82, 2.24) is 0 Å². The van der Waals surface area contributed by atoms with Crippen molar-refractivity contribution in [3.05, 3.63) is 23.3 Å². The Bertz CT molecular complexity index is 588. The monoisotopic (exact) mass is 272 g/mol. The molecule has 1 aromatic carbocycles. The van der Waals surface area contributed by atoms with Crippen molar-refractivity contribution in [2.75, 3.05) is 20.5 Å². The van der Waals surface area contributed by atoms with Crippen molar-refractivity contribution in [1.29, 1.82) is 0 Å². The van der Waals surface area contributed by atoms with Gasteiger partial charge in [0, 0.05) is 11.8 Å². The van der Waals surface area contributed by atoms with Crippen LogP contribution in [0.1, 0.15) is 20.7 Å². The van der Waals surface area contributed by atoms with Gasteiger partial charge in [-0.2, -0.15) is 0 Å². The number of rotatable bonds is 4. The fourth-order valence-corrected chi connectivity index (χ4v) is 2.29. The van der Waals surface area contributed by atoms with Crippen molar-refractivity contribution < 1.29 is 27.5 Å². The van der Waals surface area contributed by atoms with Crippen molar-refractivity contribution in [2.24, 2.45) is 0 Å². The number of aldehydes is 1. The highest BCUT2D eigenvalue weighted by atomic mass is 32.2. The zero-order valence-electron chi connectivity index (χ0n) is 10.1. The molecule has 0 fully saturated rings. The summed E-state index contributed by atoms with van der Waals surface area (Å²) >= 11 is 0. The van der Waals surface area contributed by atoms with Gasteiger partial charge in [0.05, 0.1) is 19.1 Å². The molecule has 98 valence electrons. The topological polar surface area (TPSA) is 86.7 Å². The Hall–Kier alpha value is -1.89. The molecule has 0 N–H and O–H groups in total. The minimum absolute atomic E-state index is 0.0500. The third-order valence-electron chi connectivity index (χ3n) is 2.26. The number of carbonyl (C=O) groups excluding carboxylic acids is 2. The highest BCUT2D eigenvalue weighted by molar-refractivity contribution is 7.90. The fraction of sp³-hybridized carbons (Fsp3) is 0.273. The molecular formula is C11H12O6S. The maximum atomic E-state index is 11.5. The highest BCUT2D eigenvalue weighted by Crippen LogP contribution is 2.26. The summed E-state index contributed by atoms with van der Waals surface area (Å²) in [6.07, 6.45) is 1.34. The molecule has 0 aromatic heterocycles. The average molecular weight is 272 g/mol. The molecule has 0 spiro atoms. The molecule has 18 heavy (non-hydrogen) atoms. The SMILES string of the molecule is COC(=O)c1cc(S(C)(=O)=O)c(C=O)cc1OC. The van der Waals surface area contributed by atoms with Crippen LogP contribution < -0.4 is 4.74 Å². The van der Waals surface area contributed by atoms with Crippen molar-refractivity contribution in [3.63, 3.8) is 0 Å². The number of sulfone groups is 1. The lowest BCUT2D eigenvalue weighted by molar-refractivity contribution is 0.0596. The van der Waals surface area contributed by atoms with E-state index in [1.54, 1.807) is 0 Å². The molecule has 0 heterocycles. The fourth-order valence-electron chi connectivity index (χ4n) is 1.43. The van der Waals surface area contributed by atoms with Crippen molar-refractivity contribution in [2.45, 2.75) is 4.90 Å². The van der Waals surface area contributed by atoms with Gasteiger partial charge in [0.15, 0.2) is 16.1 Å². The van der Waals surface area contributed by atoms with E-state index < -0.39 is 15.8 Å². The lowest BCUT2D eigenvalue weighted by Crippen LogP contribution is -2.09. The second-order valence-electron chi connectivity index (χ2n) is 3.47. The standard InChI is InChI=1S/C11H12O6S/c1-16-9-4-7(6-12)10(18(3,14)15)5-8(9)11(13)17-2/h4-6H,1-3H3. The van der Waals surface area contributed by atoms with Crippen LogP contribution in [-0.4, -0.2) is 41.1 Å². The molecule has 1 aromatic rings. The number of benzene rings is 1. The van der Waals surface area contributed by atoms with Gasteiger partial charge in [-0.05, 0) is 12.1 Å². The number of ether oxygens (including phenoxy) is 2. The van der Waals surface area contributed by atoms with Gasteiger partial charge in [-0.25, -0.2) is 13.2 Å². The van der Waals surface area contributed by atoms with Crippen molar-refractivity contribution in [3.8, 4) is 5.75 Å². The number of hydrogen-bond donors (Lipinski definition) is 0. The lowest BCUT2D eigenvalue weighted by Gasteiger charge is -2.10. The molecule has 0 aliphatic heterocycles. The normalized spacial score (nSPS) is 10.8. The second-order valence-corrected chi connectivity index (χ2v) is 5.46. The molecule has 1 rings (SSSR count). The van der Waals surface area contributed by atoms with Crippen LogP contribution in [0, 0.1) is 0 Å². The lowest BCUT2D eigenvalue weighted by atomic mass is 10.1. The van der Waals surface area contributed by atoms with Crippen LogP contribution >= 0.6 is 0 Å². The van der Waals surface area contributed by atoms with E-state index in [9.17, 15) is 18.0 Å². The van der Waals surface area contributed by atoms with Gasteiger partial charge in [0.25, 0.3) is 0 Å². The Morgan fingerprint density at radius 2 is 1.89 bits per heavy atom. The summed E-state index contributed by atoms with van der Waals surface area (Å²) in [4.78, 5) is 22.1. The van der Waals surface area contributed by atoms with E-state index >= 15 is 0 Å². The highest BCUT2D eigenvalue weighted by Gasteiger charge is 2.21. The minimum Gasteiger partial charge on any atom is -0.496 e. The first-order valence-corrected chi connectivity index (χ1v) is 6.70. The van der Waals surface area contributed by atoms with Gasteiger partial charge >= 0.3 is 5.97 Å². The van der Waals surface area contributed by atoms with Crippen LogP contribution in [0.4, 0.5) is 0 Å². The van der Waals surface area contributed by atoms with E-state index in [1.165, 1.54) is 13.2 Å². The predicted molar refractivity (Wildman–Crippen MR) is 62.8 cm³/mol. The first kappa shape index (κ1) is 14.2. The van der Waals surface area contributed by atoms with Gasteiger partial charge in [-0.15, -0.1) is 0 Å². The molecule has 7 heteroatoms. The molecular weight excluding hydrogens is 260 g/mol. The molecule has 0 aliphatic rings. The first-order chi connectivity index (χ1) is 8.35. The summed E-state index contributed by atoms with van der Waals surface area (Å²) in [6, 6.07) is 2.26. The van der Waals surface area contributed by atoms with E-state index in [0.717, 1.165) is 19.4 Å². The maximum Gasteiger partial charge on any atom is 0.341 e. The maximum absolute atomic E-state index is 11.5. The van der Waals surface area contributed by atoms with E-state index in [0.29, 0.717) is 6.29 Å². The first-order valence-electron chi connectivity index (χ1n) is 4.80. The predicted octanol–water partition coefficient (Wildman–Crippen LogP) is 0.698. The zero-order chi connectivity index (χ0) is 13.9. The van der Waals surface area contributed by atoms with Crippen LogP contribution in [0.25, 0.3) is 0 Å². The van der Waals surface area contributed by atoms with Crippen LogP contribution in [0.15, 0.2) is 17.0 Å². The minimum atomic E-state index is -3.63. The van der Waals surface area contributed by atoms with Crippen LogP contribution in [0.3, 0.4) is 0 Å². The van der Waals surface area contributed by atoms with Crippen molar-refractivity contribution >= 4 is 22.1 Å². The molecule has 0 unspecified atom stereocenters. The van der Waals surface area contributed by atoms with Gasteiger partial charge in [-0.3, -0.25) is 4.79 Å². The van der Waals surface area contributed by atoms with Gasteiger partial charge < -0.3 is 9.47 Å². The third-order valence-corrected chi connectivity index (χ3v) is 3.42. The Labute approximate surface area is 104 Å². The van der Waals surface area contributed by atoms with E-state index in [-0.39, 0.29) is 21.8 Å².